The third-order valence-electron chi connectivity index (χ3n) is 6.00. The van der Waals surface area contributed by atoms with E-state index in [0.29, 0.717) is 29.4 Å². The number of ketones is 1. The Balaban J connectivity index is 1.47. The van der Waals surface area contributed by atoms with Crippen molar-refractivity contribution < 1.29 is 28.9 Å². The van der Waals surface area contributed by atoms with E-state index in [1.54, 1.807) is 24.3 Å². The first-order chi connectivity index (χ1) is 17.3. The van der Waals surface area contributed by atoms with Gasteiger partial charge in [-0.3, -0.25) is 9.59 Å². The Morgan fingerprint density at radius 2 is 1.86 bits per heavy atom. The first-order valence-corrected chi connectivity index (χ1v) is 12.1. The molecule has 1 amide bonds. The van der Waals surface area contributed by atoms with Gasteiger partial charge in [-0.1, -0.05) is 41.9 Å². The normalized spacial score (nSPS) is 19.6. The lowest BCUT2D eigenvalue weighted by Crippen LogP contribution is -2.44. The predicted molar refractivity (Wildman–Crippen MR) is 136 cm³/mol. The zero-order chi connectivity index (χ0) is 25.7. The summed E-state index contributed by atoms with van der Waals surface area (Å²) in [5, 5.41) is 11.1. The van der Waals surface area contributed by atoms with Crippen LogP contribution in [0.2, 0.25) is 5.02 Å². The minimum Gasteiger partial charge on any atom is -0.494 e. The second-order valence-electron chi connectivity index (χ2n) is 8.57. The summed E-state index contributed by atoms with van der Waals surface area (Å²) in [5.41, 5.74) is 8.40. The van der Waals surface area contributed by atoms with Gasteiger partial charge in [0.05, 0.1) is 12.7 Å². The molecule has 1 aliphatic rings. The predicted octanol–water partition coefficient (Wildman–Crippen LogP) is 4.27. The molecule has 188 valence electrons. The Labute approximate surface area is 214 Å². The van der Waals surface area contributed by atoms with Crippen molar-refractivity contribution >= 4 is 23.3 Å². The van der Waals surface area contributed by atoms with Crippen LogP contribution in [-0.2, 0) is 16.0 Å². The van der Waals surface area contributed by atoms with E-state index < -0.39 is 30.0 Å². The zero-order valence-electron chi connectivity index (χ0n) is 19.9. The number of ether oxygens (including phenoxy) is 3. The van der Waals surface area contributed by atoms with Gasteiger partial charge in [0.2, 0.25) is 5.91 Å². The first kappa shape index (κ1) is 25.7. The largest absolute Gasteiger partial charge is 0.494 e. The Kier molecular flexibility index (Phi) is 8.25. The number of aliphatic hydroxyl groups is 1. The number of rotatable bonds is 9. The quantitative estimate of drug-likeness (QED) is 0.446. The maximum absolute atomic E-state index is 12.6. The molecule has 1 saturated heterocycles. The van der Waals surface area contributed by atoms with Gasteiger partial charge in [-0.05, 0) is 66.4 Å². The van der Waals surface area contributed by atoms with Crippen LogP contribution in [0.4, 0.5) is 0 Å². The maximum Gasteiger partial charge on any atom is 0.248 e. The van der Waals surface area contributed by atoms with Crippen molar-refractivity contribution in [3.05, 3.63) is 94.0 Å². The molecule has 0 saturated carbocycles. The number of benzene rings is 3. The molecular formula is C28H28ClNO6. The fraction of sp³-hybridized carbons (Fsp3) is 0.286. The van der Waals surface area contributed by atoms with Crippen molar-refractivity contribution in [1.29, 1.82) is 0 Å². The van der Waals surface area contributed by atoms with Crippen LogP contribution in [0.25, 0.3) is 0 Å². The number of halogens is 1. The molecule has 1 aliphatic heterocycles. The molecule has 0 spiro atoms. The van der Waals surface area contributed by atoms with Crippen molar-refractivity contribution in [2.45, 2.75) is 38.1 Å². The standard InChI is InChI=1S/C28H28ClNO6/c1-2-34-21-9-6-17(7-10-21)12-20-13-18(8-11-23(20)29)25-15-24(31)27(32)26(36-25)16-35-22-5-3-4-19(14-22)28(30)33/h3-11,13-14,24-26,31H,2,12,15-16H2,1H3,(H2,30,33)/t24?,25-,26-/m1/s1. The third-order valence-corrected chi connectivity index (χ3v) is 6.37. The fourth-order valence-corrected chi connectivity index (χ4v) is 4.31. The smallest absolute Gasteiger partial charge is 0.248 e. The summed E-state index contributed by atoms with van der Waals surface area (Å²) in [6.45, 7) is 2.44. The van der Waals surface area contributed by atoms with Gasteiger partial charge in [0.25, 0.3) is 0 Å². The molecule has 7 nitrogen and oxygen atoms in total. The number of Topliss-reactive ketones (excluding diaryl/α,β-unsaturated/α-hetero) is 1. The molecule has 1 fully saturated rings. The van der Waals surface area contributed by atoms with Crippen LogP contribution in [-0.4, -0.2) is 42.2 Å². The fourth-order valence-electron chi connectivity index (χ4n) is 4.12. The van der Waals surface area contributed by atoms with Crippen molar-refractivity contribution in [2.75, 3.05) is 13.2 Å². The van der Waals surface area contributed by atoms with Crippen LogP contribution < -0.4 is 15.2 Å². The van der Waals surface area contributed by atoms with E-state index in [0.717, 1.165) is 22.4 Å². The van der Waals surface area contributed by atoms with Crippen molar-refractivity contribution in [2.24, 2.45) is 5.73 Å². The maximum atomic E-state index is 12.6. The highest BCUT2D eigenvalue weighted by Gasteiger charge is 2.37. The molecule has 3 atom stereocenters. The van der Waals surface area contributed by atoms with Crippen LogP contribution in [0.1, 0.15) is 46.5 Å². The van der Waals surface area contributed by atoms with Gasteiger partial charge in [-0.25, -0.2) is 0 Å². The van der Waals surface area contributed by atoms with Gasteiger partial charge >= 0.3 is 0 Å². The Morgan fingerprint density at radius 3 is 2.58 bits per heavy atom. The van der Waals surface area contributed by atoms with E-state index in [1.807, 2.05) is 43.3 Å². The number of primary amides is 1. The van der Waals surface area contributed by atoms with Gasteiger partial charge in [0.1, 0.15) is 24.2 Å². The van der Waals surface area contributed by atoms with Gasteiger partial charge in [0.15, 0.2) is 11.9 Å². The molecule has 0 bridgehead atoms. The molecular weight excluding hydrogens is 482 g/mol. The van der Waals surface area contributed by atoms with Crippen molar-refractivity contribution in [3.8, 4) is 11.5 Å². The summed E-state index contributed by atoms with van der Waals surface area (Å²) in [5.74, 6) is 0.166. The van der Waals surface area contributed by atoms with Gasteiger partial charge in [0, 0.05) is 17.0 Å². The monoisotopic (exact) mass is 509 g/mol. The molecule has 4 rings (SSSR count). The highest BCUT2D eigenvalue weighted by molar-refractivity contribution is 6.31. The van der Waals surface area contributed by atoms with Crippen LogP contribution in [0.3, 0.4) is 0 Å². The number of aliphatic hydroxyl groups excluding tert-OH is 1. The molecule has 8 heteroatoms. The Morgan fingerprint density at radius 1 is 1.08 bits per heavy atom. The average Bonchev–Trinajstić information content (AvgIpc) is 2.87. The van der Waals surface area contributed by atoms with Crippen molar-refractivity contribution in [1.82, 2.24) is 0 Å². The van der Waals surface area contributed by atoms with Gasteiger partial charge < -0.3 is 25.1 Å². The summed E-state index contributed by atoms with van der Waals surface area (Å²) in [6.07, 6.45) is -1.92. The van der Waals surface area contributed by atoms with Crippen LogP contribution in [0, 0.1) is 0 Å². The molecule has 0 radical (unpaired) electrons. The van der Waals surface area contributed by atoms with Crippen LogP contribution in [0.15, 0.2) is 66.7 Å². The van der Waals surface area contributed by atoms with E-state index in [4.69, 9.17) is 31.5 Å². The summed E-state index contributed by atoms with van der Waals surface area (Å²) in [7, 11) is 0. The molecule has 3 aromatic rings. The lowest BCUT2D eigenvalue weighted by atomic mass is 9.93. The second kappa shape index (κ2) is 11.6. The van der Waals surface area contributed by atoms with E-state index in [-0.39, 0.29) is 13.0 Å². The van der Waals surface area contributed by atoms with E-state index in [9.17, 15) is 14.7 Å². The second-order valence-corrected chi connectivity index (χ2v) is 8.98. The summed E-state index contributed by atoms with van der Waals surface area (Å²) in [4.78, 5) is 24.0. The topological polar surface area (TPSA) is 108 Å². The molecule has 0 aliphatic carbocycles. The van der Waals surface area contributed by atoms with Crippen LogP contribution >= 0.6 is 11.6 Å². The summed E-state index contributed by atoms with van der Waals surface area (Å²) in [6, 6.07) is 19.8. The third kappa shape index (κ3) is 6.23. The number of carbonyl (C=O) groups is 2. The zero-order valence-corrected chi connectivity index (χ0v) is 20.6. The van der Waals surface area contributed by atoms with Gasteiger partial charge in [-0.2, -0.15) is 0 Å². The molecule has 1 unspecified atom stereocenters. The molecule has 3 aromatic carbocycles. The molecule has 36 heavy (non-hydrogen) atoms. The number of amides is 1. The first-order valence-electron chi connectivity index (χ1n) is 11.7. The lowest BCUT2D eigenvalue weighted by molar-refractivity contribution is -0.160. The SMILES string of the molecule is CCOc1ccc(Cc2cc([C@H]3CC(O)C(=O)[C@@H](COc4cccc(C(N)=O)c4)O3)ccc2Cl)cc1. The number of nitrogens with two attached hydrogens (primary N) is 1. The Hall–Kier alpha value is -3.39. The number of hydrogen-bond donors (Lipinski definition) is 2. The van der Waals surface area contributed by atoms with E-state index in [2.05, 4.69) is 0 Å². The minimum absolute atomic E-state index is 0.110. The lowest BCUT2D eigenvalue weighted by Gasteiger charge is -2.32. The van der Waals surface area contributed by atoms with E-state index in [1.165, 1.54) is 6.07 Å². The summed E-state index contributed by atoms with van der Waals surface area (Å²) < 4.78 is 17.3. The summed E-state index contributed by atoms with van der Waals surface area (Å²) >= 11 is 6.48. The average molecular weight is 510 g/mol. The Bertz CT molecular complexity index is 1230. The van der Waals surface area contributed by atoms with E-state index >= 15 is 0 Å². The molecule has 0 aromatic heterocycles. The number of hydrogen-bond acceptors (Lipinski definition) is 6. The van der Waals surface area contributed by atoms with Crippen LogP contribution in [0.5, 0.6) is 11.5 Å². The minimum atomic E-state index is -1.18. The molecule has 1 heterocycles. The molecule has 3 N–H and O–H groups in total. The van der Waals surface area contributed by atoms with Gasteiger partial charge in [-0.15, -0.1) is 0 Å². The van der Waals surface area contributed by atoms with Crippen molar-refractivity contribution in [3.63, 3.8) is 0 Å². The highest BCUT2D eigenvalue weighted by Crippen LogP contribution is 2.33. The number of carbonyl (C=O) groups excluding carboxylic acids is 2. The highest BCUT2D eigenvalue weighted by atomic mass is 35.5.